The van der Waals surface area contributed by atoms with Crippen LogP contribution in [0, 0.1) is 20.8 Å². The van der Waals surface area contributed by atoms with Crippen LogP contribution in [0.2, 0.25) is 0 Å². The first kappa shape index (κ1) is 14.9. The van der Waals surface area contributed by atoms with Crippen LogP contribution in [0.4, 0.5) is 11.6 Å². The first-order valence-corrected chi connectivity index (χ1v) is 8.26. The maximum absolute atomic E-state index is 12.3. The third-order valence-corrected chi connectivity index (χ3v) is 4.77. The lowest BCUT2D eigenvalue weighted by Crippen LogP contribution is -2.22. The van der Waals surface area contributed by atoms with Crippen LogP contribution < -0.4 is 10.2 Å². The van der Waals surface area contributed by atoms with Crippen molar-refractivity contribution in [3.8, 4) is 0 Å². The van der Waals surface area contributed by atoms with Crippen molar-refractivity contribution in [1.82, 2.24) is 15.0 Å². The second kappa shape index (κ2) is 6.00. The molecule has 0 unspecified atom stereocenters. The summed E-state index contributed by atoms with van der Waals surface area (Å²) in [5.41, 5.74) is 4.71. The van der Waals surface area contributed by atoms with E-state index in [4.69, 9.17) is 0 Å². The van der Waals surface area contributed by atoms with E-state index < -0.39 is 0 Å². The molecule has 1 N–H and O–H groups in total. The molecule has 0 bridgehead atoms. The van der Waals surface area contributed by atoms with Gasteiger partial charge in [0.2, 0.25) is 5.95 Å². The van der Waals surface area contributed by atoms with E-state index in [9.17, 15) is 4.79 Å². The molecule has 2 aromatic heterocycles. The van der Waals surface area contributed by atoms with Gasteiger partial charge in [0.05, 0.1) is 28.3 Å². The molecule has 1 saturated heterocycles. The molecule has 0 saturated carbocycles. The highest BCUT2D eigenvalue weighted by Gasteiger charge is 2.19. The lowest BCUT2D eigenvalue weighted by atomic mass is 10.2. The maximum Gasteiger partial charge on any atom is 0.267 e. The van der Waals surface area contributed by atoms with E-state index >= 15 is 0 Å². The van der Waals surface area contributed by atoms with Crippen LogP contribution in [-0.4, -0.2) is 33.9 Å². The van der Waals surface area contributed by atoms with Crippen molar-refractivity contribution in [2.24, 2.45) is 0 Å². The topological polar surface area (TPSA) is 71.0 Å². The third-order valence-electron chi connectivity index (χ3n) is 3.84. The molecule has 3 heterocycles. The van der Waals surface area contributed by atoms with Crippen molar-refractivity contribution in [2.75, 3.05) is 23.3 Å². The predicted molar refractivity (Wildman–Crippen MR) is 87.8 cm³/mol. The fraction of sp³-hybridized carbons (Fsp3) is 0.467. The first-order chi connectivity index (χ1) is 10.6. The van der Waals surface area contributed by atoms with Gasteiger partial charge in [-0.2, -0.15) is 0 Å². The van der Waals surface area contributed by atoms with Crippen LogP contribution in [0.25, 0.3) is 0 Å². The fourth-order valence-corrected chi connectivity index (χ4v) is 3.33. The predicted octanol–water partition coefficient (Wildman–Crippen LogP) is 2.71. The molecule has 0 aliphatic carbocycles. The lowest BCUT2D eigenvalue weighted by Gasteiger charge is -2.18. The minimum absolute atomic E-state index is 0.149. The minimum Gasteiger partial charge on any atom is -0.341 e. The smallest absolute Gasteiger partial charge is 0.267 e. The normalized spacial score (nSPS) is 14.4. The van der Waals surface area contributed by atoms with Gasteiger partial charge in [-0.3, -0.25) is 4.79 Å². The number of nitrogens with zero attached hydrogens (tertiary/aromatic N) is 4. The second-order valence-corrected chi connectivity index (χ2v) is 6.34. The van der Waals surface area contributed by atoms with E-state index in [1.54, 1.807) is 5.51 Å². The van der Waals surface area contributed by atoms with Crippen molar-refractivity contribution in [2.45, 2.75) is 33.6 Å². The molecule has 6 nitrogen and oxygen atoms in total. The molecular formula is C15H19N5OS. The molecular weight excluding hydrogens is 298 g/mol. The zero-order valence-electron chi connectivity index (χ0n) is 13.0. The number of aryl methyl sites for hydroxylation is 3. The molecule has 7 heteroatoms. The van der Waals surface area contributed by atoms with E-state index in [2.05, 4.69) is 25.2 Å². The van der Waals surface area contributed by atoms with Gasteiger partial charge in [0.1, 0.15) is 4.88 Å². The van der Waals surface area contributed by atoms with E-state index in [0.29, 0.717) is 10.6 Å². The van der Waals surface area contributed by atoms with E-state index in [1.165, 1.54) is 24.2 Å². The van der Waals surface area contributed by atoms with Gasteiger partial charge in [-0.15, -0.1) is 11.3 Å². The highest BCUT2D eigenvalue weighted by molar-refractivity contribution is 7.12. The Bertz CT molecular complexity index is 683. The van der Waals surface area contributed by atoms with Crippen molar-refractivity contribution in [3.05, 3.63) is 27.5 Å². The molecule has 1 fully saturated rings. The average molecular weight is 317 g/mol. The van der Waals surface area contributed by atoms with Crippen LogP contribution in [-0.2, 0) is 0 Å². The highest BCUT2D eigenvalue weighted by Crippen LogP contribution is 2.24. The standard InChI is InChI=1S/C15H19N5OS/c1-9-12(19-14(21)13-11(3)16-8-22-13)10(2)18-15(17-9)20-6-4-5-7-20/h8H,4-7H2,1-3H3,(H,19,21). The van der Waals surface area contributed by atoms with Gasteiger partial charge in [0, 0.05) is 13.1 Å². The number of thiazole rings is 1. The van der Waals surface area contributed by atoms with Crippen molar-refractivity contribution >= 4 is 28.9 Å². The van der Waals surface area contributed by atoms with Crippen molar-refractivity contribution < 1.29 is 4.79 Å². The Morgan fingerprint density at radius 3 is 2.32 bits per heavy atom. The number of anilines is 2. The molecule has 3 rings (SSSR count). The summed E-state index contributed by atoms with van der Waals surface area (Å²) in [4.78, 5) is 28.4. The zero-order chi connectivity index (χ0) is 15.7. The largest absolute Gasteiger partial charge is 0.341 e. The van der Waals surface area contributed by atoms with E-state index in [-0.39, 0.29) is 5.91 Å². The number of hydrogen-bond acceptors (Lipinski definition) is 6. The Labute approximate surface area is 133 Å². The minimum atomic E-state index is -0.149. The summed E-state index contributed by atoms with van der Waals surface area (Å²) in [5.74, 6) is 0.614. The summed E-state index contributed by atoms with van der Waals surface area (Å²) in [6.45, 7) is 7.65. The molecule has 0 radical (unpaired) electrons. The first-order valence-electron chi connectivity index (χ1n) is 7.38. The highest BCUT2D eigenvalue weighted by atomic mass is 32.1. The van der Waals surface area contributed by atoms with Crippen molar-refractivity contribution in [3.63, 3.8) is 0 Å². The van der Waals surface area contributed by atoms with Gasteiger partial charge in [-0.25, -0.2) is 15.0 Å². The van der Waals surface area contributed by atoms with E-state index in [0.717, 1.165) is 36.1 Å². The number of hydrogen-bond donors (Lipinski definition) is 1. The molecule has 0 spiro atoms. The number of carbonyl (C=O) groups excluding carboxylic acids is 1. The third kappa shape index (κ3) is 2.81. The molecule has 2 aromatic rings. The van der Waals surface area contributed by atoms with Gasteiger partial charge >= 0.3 is 0 Å². The van der Waals surface area contributed by atoms with Crippen LogP contribution in [0.5, 0.6) is 0 Å². The van der Waals surface area contributed by atoms with Crippen LogP contribution >= 0.6 is 11.3 Å². The number of nitrogens with one attached hydrogen (secondary N) is 1. The fourth-order valence-electron chi connectivity index (χ4n) is 2.63. The van der Waals surface area contributed by atoms with Gasteiger partial charge < -0.3 is 10.2 Å². The molecule has 1 aliphatic rings. The number of amides is 1. The number of carbonyl (C=O) groups is 1. The van der Waals surface area contributed by atoms with Crippen LogP contribution in [0.3, 0.4) is 0 Å². The van der Waals surface area contributed by atoms with Crippen LogP contribution in [0.15, 0.2) is 5.51 Å². The Balaban J connectivity index is 1.85. The lowest BCUT2D eigenvalue weighted by molar-refractivity contribution is 0.102. The summed E-state index contributed by atoms with van der Waals surface area (Å²) in [5, 5.41) is 2.93. The average Bonchev–Trinajstić information content (AvgIpc) is 3.13. The van der Waals surface area contributed by atoms with Crippen LogP contribution in [0.1, 0.15) is 39.6 Å². The summed E-state index contributed by atoms with van der Waals surface area (Å²) < 4.78 is 0. The SMILES string of the molecule is Cc1ncsc1C(=O)Nc1c(C)nc(N2CCCC2)nc1C. The van der Waals surface area contributed by atoms with Gasteiger partial charge in [-0.1, -0.05) is 0 Å². The Morgan fingerprint density at radius 2 is 1.77 bits per heavy atom. The zero-order valence-corrected chi connectivity index (χ0v) is 13.8. The molecule has 116 valence electrons. The molecule has 22 heavy (non-hydrogen) atoms. The summed E-state index contributed by atoms with van der Waals surface area (Å²) in [7, 11) is 0. The monoisotopic (exact) mass is 317 g/mol. The summed E-state index contributed by atoms with van der Waals surface area (Å²) in [6.07, 6.45) is 2.37. The van der Waals surface area contributed by atoms with Gasteiger partial charge in [0.25, 0.3) is 5.91 Å². The molecule has 1 aliphatic heterocycles. The maximum atomic E-state index is 12.3. The number of rotatable bonds is 3. The molecule has 0 aromatic carbocycles. The summed E-state index contributed by atoms with van der Waals surface area (Å²) >= 11 is 1.34. The van der Waals surface area contributed by atoms with E-state index in [1.807, 2.05) is 20.8 Å². The van der Waals surface area contributed by atoms with Gasteiger partial charge in [-0.05, 0) is 33.6 Å². The number of aromatic nitrogens is 3. The Morgan fingerprint density at radius 1 is 1.14 bits per heavy atom. The van der Waals surface area contributed by atoms with Crippen molar-refractivity contribution in [1.29, 1.82) is 0 Å². The summed E-state index contributed by atoms with van der Waals surface area (Å²) in [6, 6.07) is 0. The molecule has 1 amide bonds. The quantitative estimate of drug-likeness (QED) is 0.942. The Kier molecular flexibility index (Phi) is 4.06. The molecule has 0 atom stereocenters. The van der Waals surface area contributed by atoms with Gasteiger partial charge in [0.15, 0.2) is 0 Å². The second-order valence-electron chi connectivity index (χ2n) is 5.48. The Hall–Kier alpha value is -2.02.